The lowest BCUT2D eigenvalue weighted by atomic mass is 9.86. The van der Waals surface area contributed by atoms with Gasteiger partial charge in [-0.2, -0.15) is 0 Å². The minimum atomic E-state index is -1.01. The van der Waals surface area contributed by atoms with Crippen LogP contribution in [0.25, 0.3) is 0 Å². The molecular weight excluding hydrogens is 378 g/mol. The Morgan fingerprint density at radius 1 is 1.31 bits per heavy atom. The maximum atomic E-state index is 12.6. The smallest absolute Gasteiger partial charge is 0.341 e. The van der Waals surface area contributed by atoms with Gasteiger partial charge in [-0.25, -0.2) is 4.79 Å². The van der Waals surface area contributed by atoms with Gasteiger partial charge in [0, 0.05) is 37.5 Å². The van der Waals surface area contributed by atoms with Crippen molar-refractivity contribution in [3.05, 3.63) is 33.9 Å². The zero-order valence-electron chi connectivity index (χ0n) is 17.1. The predicted molar refractivity (Wildman–Crippen MR) is 108 cm³/mol. The number of ether oxygens (including phenoxy) is 2. The van der Waals surface area contributed by atoms with Crippen LogP contribution in [0.3, 0.4) is 0 Å². The van der Waals surface area contributed by atoms with E-state index in [0.717, 1.165) is 31.7 Å². The van der Waals surface area contributed by atoms with Crippen LogP contribution in [0.1, 0.15) is 49.9 Å². The zero-order valence-corrected chi connectivity index (χ0v) is 17.1. The van der Waals surface area contributed by atoms with E-state index >= 15 is 0 Å². The molecule has 0 aliphatic heterocycles. The fourth-order valence-electron chi connectivity index (χ4n) is 3.36. The number of amides is 1. The molecule has 0 radical (unpaired) electrons. The lowest BCUT2D eigenvalue weighted by molar-refractivity contribution is -0.384. The Hall–Kier alpha value is -2.68. The fraction of sp³-hybridized carbons (Fsp3) is 0.600. The zero-order chi connectivity index (χ0) is 21.4. The quantitative estimate of drug-likeness (QED) is 0.279. The Bertz CT molecular complexity index is 739. The number of nitrogens with zero attached hydrogens (tertiary/aromatic N) is 1. The van der Waals surface area contributed by atoms with Crippen molar-refractivity contribution < 1.29 is 24.0 Å². The second-order valence-electron chi connectivity index (χ2n) is 7.33. The first-order valence-corrected chi connectivity index (χ1v) is 9.86. The topological polar surface area (TPSA) is 120 Å². The normalized spacial score (nSPS) is 19.8. The Balaban J connectivity index is 2.07. The number of carbonyl (C=O) groups excluding carboxylic acids is 2. The third kappa shape index (κ3) is 6.42. The van der Waals surface area contributed by atoms with Crippen LogP contribution in [0.5, 0.6) is 0 Å². The van der Waals surface area contributed by atoms with Crippen LogP contribution in [0, 0.1) is 16.0 Å². The average Bonchev–Trinajstić information content (AvgIpc) is 2.69. The highest BCUT2D eigenvalue weighted by Crippen LogP contribution is 2.25. The first kappa shape index (κ1) is 22.6. The first-order valence-electron chi connectivity index (χ1n) is 9.86. The lowest BCUT2D eigenvalue weighted by Gasteiger charge is -2.30. The molecule has 1 aliphatic carbocycles. The maximum absolute atomic E-state index is 12.6. The number of nitro groups is 1. The summed E-state index contributed by atoms with van der Waals surface area (Å²) >= 11 is 0. The van der Waals surface area contributed by atoms with E-state index in [2.05, 4.69) is 17.6 Å². The monoisotopic (exact) mass is 407 g/mol. The van der Waals surface area contributed by atoms with E-state index in [9.17, 15) is 19.7 Å². The van der Waals surface area contributed by atoms with Gasteiger partial charge in [0.05, 0.1) is 17.1 Å². The van der Waals surface area contributed by atoms with Gasteiger partial charge in [0.25, 0.3) is 11.6 Å². The number of benzene rings is 1. The van der Waals surface area contributed by atoms with Crippen molar-refractivity contribution in [3.8, 4) is 0 Å². The van der Waals surface area contributed by atoms with Crippen molar-refractivity contribution in [2.45, 2.75) is 51.7 Å². The van der Waals surface area contributed by atoms with Crippen molar-refractivity contribution >= 4 is 23.3 Å². The SMILES string of the molecule is COCCNc1ccc([N+](=O)[O-])cc1C(=O)O[C@H](C)C(=O)N[C@H]1CCCC[C@@H]1C. The second kappa shape index (κ2) is 10.8. The summed E-state index contributed by atoms with van der Waals surface area (Å²) in [6.45, 7) is 4.39. The third-order valence-corrected chi connectivity index (χ3v) is 5.15. The average molecular weight is 407 g/mol. The summed E-state index contributed by atoms with van der Waals surface area (Å²) in [4.78, 5) is 35.6. The molecule has 1 fully saturated rings. The summed E-state index contributed by atoms with van der Waals surface area (Å²) < 4.78 is 10.3. The van der Waals surface area contributed by atoms with Gasteiger partial charge in [0.1, 0.15) is 0 Å². The van der Waals surface area contributed by atoms with E-state index in [1.807, 2.05) is 0 Å². The maximum Gasteiger partial charge on any atom is 0.341 e. The molecule has 29 heavy (non-hydrogen) atoms. The summed E-state index contributed by atoms with van der Waals surface area (Å²) in [5.41, 5.74) is 0.148. The number of anilines is 1. The standard InChI is InChI=1S/C20H29N3O6/c1-13-6-4-5-7-17(13)22-19(24)14(2)29-20(25)16-12-15(23(26)27)8-9-18(16)21-10-11-28-3/h8-9,12-14,17,21H,4-7,10-11H2,1-3H3,(H,22,24)/t13-,14+,17-/m0/s1. The number of esters is 1. The highest BCUT2D eigenvalue weighted by molar-refractivity contribution is 5.98. The molecule has 9 nitrogen and oxygen atoms in total. The van der Waals surface area contributed by atoms with Crippen LogP contribution >= 0.6 is 0 Å². The molecular formula is C20H29N3O6. The first-order chi connectivity index (χ1) is 13.8. The Kier molecular flexibility index (Phi) is 8.38. The van der Waals surface area contributed by atoms with Gasteiger partial charge in [-0.05, 0) is 31.7 Å². The third-order valence-electron chi connectivity index (χ3n) is 5.15. The van der Waals surface area contributed by atoms with Gasteiger partial charge in [-0.1, -0.05) is 19.8 Å². The Morgan fingerprint density at radius 2 is 2.03 bits per heavy atom. The predicted octanol–water partition coefficient (Wildman–Crippen LogP) is 2.89. The number of hydrogen-bond acceptors (Lipinski definition) is 7. The number of methoxy groups -OCH3 is 1. The lowest BCUT2D eigenvalue weighted by Crippen LogP contribution is -2.46. The van der Waals surface area contributed by atoms with E-state index < -0.39 is 17.0 Å². The molecule has 0 heterocycles. The van der Waals surface area contributed by atoms with Gasteiger partial charge in [-0.15, -0.1) is 0 Å². The van der Waals surface area contributed by atoms with Crippen molar-refractivity contribution in [1.29, 1.82) is 0 Å². The fourth-order valence-corrected chi connectivity index (χ4v) is 3.36. The molecule has 1 aliphatic rings. The van der Waals surface area contributed by atoms with E-state index in [1.165, 1.54) is 19.1 Å². The van der Waals surface area contributed by atoms with Crippen molar-refractivity contribution in [3.63, 3.8) is 0 Å². The van der Waals surface area contributed by atoms with Crippen LogP contribution < -0.4 is 10.6 Å². The number of non-ortho nitro benzene ring substituents is 1. The molecule has 1 saturated carbocycles. The number of hydrogen-bond donors (Lipinski definition) is 2. The van der Waals surface area contributed by atoms with E-state index in [1.54, 1.807) is 7.11 Å². The summed E-state index contributed by atoms with van der Waals surface area (Å²) in [7, 11) is 1.54. The largest absolute Gasteiger partial charge is 0.449 e. The van der Waals surface area contributed by atoms with Crippen LogP contribution in [0.15, 0.2) is 18.2 Å². The number of carbonyl (C=O) groups is 2. The highest BCUT2D eigenvalue weighted by atomic mass is 16.6. The summed E-state index contributed by atoms with van der Waals surface area (Å²) in [6.07, 6.45) is 3.18. The molecule has 0 bridgehead atoms. The van der Waals surface area contributed by atoms with Crippen LogP contribution in [0.2, 0.25) is 0 Å². The molecule has 0 spiro atoms. The van der Waals surface area contributed by atoms with Gasteiger partial charge >= 0.3 is 5.97 Å². The van der Waals surface area contributed by atoms with Gasteiger partial charge in [0.2, 0.25) is 0 Å². The molecule has 9 heteroatoms. The molecule has 3 atom stereocenters. The van der Waals surface area contributed by atoms with Gasteiger partial charge in [-0.3, -0.25) is 14.9 Å². The van der Waals surface area contributed by atoms with Crippen LogP contribution in [-0.4, -0.2) is 49.2 Å². The molecule has 0 aromatic heterocycles. The second-order valence-corrected chi connectivity index (χ2v) is 7.33. The molecule has 1 aromatic carbocycles. The number of nitro benzene ring substituents is 1. The van der Waals surface area contributed by atoms with Crippen LogP contribution in [-0.2, 0) is 14.3 Å². The molecule has 0 saturated heterocycles. The minimum Gasteiger partial charge on any atom is -0.449 e. The summed E-state index contributed by atoms with van der Waals surface area (Å²) in [5.74, 6) is -0.784. The summed E-state index contributed by atoms with van der Waals surface area (Å²) in [5, 5.41) is 17.0. The Morgan fingerprint density at radius 3 is 2.69 bits per heavy atom. The highest BCUT2D eigenvalue weighted by Gasteiger charge is 2.27. The van der Waals surface area contributed by atoms with E-state index in [-0.39, 0.29) is 23.2 Å². The van der Waals surface area contributed by atoms with Crippen molar-refractivity contribution in [2.75, 3.05) is 25.6 Å². The number of nitrogens with one attached hydrogen (secondary N) is 2. The van der Waals surface area contributed by atoms with Crippen molar-refractivity contribution in [2.24, 2.45) is 5.92 Å². The molecule has 1 amide bonds. The Labute approximate surface area is 170 Å². The molecule has 2 N–H and O–H groups in total. The number of rotatable bonds is 9. The van der Waals surface area contributed by atoms with Crippen molar-refractivity contribution in [1.82, 2.24) is 5.32 Å². The van der Waals surface area contributed by atoms with Gasteiger partial charge < -0.3 is 20.1 Å². The molecule has 2 rings (SSSR count). The van der Waals surface area contributed by atoms with E-state index in [4.69, 9.17) is 9.47 Å². The molecule has 160 valence electrons. The van der Waals surface area contributed by atoms with Crippen LogP contribution in [0.4, 0.5) is 11.4 Å². The van der Waals surface area contributed by atoms with Gasteiger partial charge in [0.15, 0.2) is 6.10 Å². The molecule has 1 aromatic rings. The molecule has 0 unspecified atom stereocenters. The summed E-state index contributed by atoms with van der Waals surface area (Å²) in [6, 6.07) is 3.96. The van der Waals surface area contributed by atoms with E-state index in [0.29, 0.717) is 24.8 Å². The minimum absolute atomic E-state index is 0.000914.